The van der Waals surface area contributed by atoms with Gasteiger partial charge in [-0.1, -0.05) is 0 Å². The molecule has 0 aromatic heterocycles. The van der Waals surface area contributed by atoms with Gasteiger partial charge in [-0.2, -0.15) is 0 Å². The van der Waals surface area contributed by atoms with Crippen molar-refractivity contribution in [3.05, 3.63) is 24.3 Å². The number of anilines is 2. The van der Waals surface area contributed by atoms with Crippen molar-refractivity contribution in [2.45, 2.75) is 13.8 Å². The molecule has 0 amide bonds. The number of hydrogen-bond acceptors (Lipinski definition) is 4. The van der Waals surface area contributed by atoms with Crippen molar-refractivity contribution in [1.29, 1.82) is 0 Å². The van der Waals surface area contributed by atoms with Gasteiger partial charge in [0.15, 0.2) is 0 Å². The largest absolute Gasteiger partial charge is 0.481 e. The summed E-state index contributed by atoms with van der Waals surface area (Å²) in [5, 5.41) is 12.2. The van der Waals surface area contributed by atoms with E-state index < -0.39 is 11.4 Å². The predicted octanol–water partition coefficient (Wildman–Crippen LogP) is 2.05. The van der Waals surface area contributed by atoms with Gasteiger partial charge in [-0.05, 0) is 38.1 Å². The molecule has 1 fully saturated rings. The SMILES string of the molecule is CC(C)(CNc1ccc(N2CCOCC2)cc1)C(=O)O. The number of aliphatic carboxylic acids is 1. The lowest BCUT2D eigenvalue weighted by molar-refractivity contribution is -0.146. The van der Waals surface area contributed by atoms with Gasteiger partial charge in [-0.15, -0.1) is 0 Å². The summed E-state index contributed by atoms with van der Waals surface area (Å²) in [6.45, 7) is 7.20. The maximum atomic E-state index is 11.0. The van der Waals surface area contributed by atoms with Crippen LogP contribution < -0.4 is 10.2 Å². The fraction of sp³-hybridized carbons (Fsp3) is 0.533. The number of carboxylic acid groups (broad SMARTS) is 1. The molecule has 0 aliphatic carbocycles. The second-order valence-electron chi connectivity index (χ2n) is 5.69. The van der Waals surface area contributed by atoms with Crippen LogP contribution in [0.2, 0.25) is 0 Å². The molecule has 1 heterocycles. The van der Waals surface area contributed by atoms with E-state index in [0.29, 0.717) is 6.54 Å². The number of carbonyl (C=O) groups is 1. The predicted molar refractivity (Wildman–Crippen MR) is 79.4 cm³/mol. The Bertz CT molecular complexity index is 451. The molecule has 1 aliphatic heterocycles. The topological polar surface area (TPSA) is 61.8 Å². The van der Waals surface area contributed by atoms with Crippen LogP contribution in [0.25, 0.3) is 0 Å². The van der Waals surface area contributed by atoms with Crippen LogP contribution >= 0.6 is 0 Å². The minimum Gasteiger partial charge on any atom is -0.481 e. The van der Waals surface area contributed by atoms with Crippen LogP contribution in [0, 0.1) is 5.41 Å². The first-order valence-electron chi connectivity index (χ1n) is 6.89. The van der Waals surface area contributed by atoms with Gasteiger partial charge in [-0.25, -0.2) is 0 Å². The van der Waals surface area contributed by atoms with Gasteiger partial charge in [0.25, 0.3) is 0 Å². The van der Waals surface area contributed by atoms with Crippen LogP contribution in [-0.4, -0.2) is 43.9 Å². The van der Waals surface area contributed by atoms with E-state index in [1.54, 1.807) is 13.8 Å². The first kappa shape index (κ1) is 14.7. The average Bonchev–Trinajstić information content (AvgIpc) is 2.46. The molecule has 20 heavy (non-hydrogen) atoms. The zero-order valence-electron chi connectivity index (χ0n) is 12.1. The van der Waals surface area contributed by atoms with Crippen LogP contribution in [0.3, 0.4) is 0 Å². The third-order valence-corrected chi connectivity index (χ3v) is 3.56. The number of ether oxygens (including phenoxy) is 1. The molecule has 2 N–H and O–H groups in total. The normalized spacial score (nSPS) is 16.0. The lowest BCUT2D eigenvalue weighted by Gasteiger charge is -2.29. The summed E-state index contributed by atoms with van der Waals surface area (Å²) in [5.41, 5.74) is 1.34. The van der Waals surface area contributed by atoms with Gasteiger partial charge in [0.05, 0.1) is 18.6 Å². The maximum absolute atomic E-state index is 11.0. The van der Waals surface area contributed by atoms with Gasteiger partial charge in [0, 0.05) is 31.0 Å². The Labute approximate surface area is 119 Å². The summed E-state index contributed by atoms with van der Waals surface area (Å²) in [6.07, 6.45) is 0. The van der Waals surface area contributed by atoms with Crippen molar-refractivity contribution in [3.8, 4) is 0 Å². The van der Waals surface area contributed by atoms with E-state index in [2.05, 4.69) is 22.3 Å². The summed E-state index contributed by atoms with van der Waals surface area (Å²) in [5.74, 6) is -0.796. The highest BCUT2D eigenvalue weighted by Gasteiger charge is 2.26. The molecule has 1 saturated heterocycles. The van der Waals surface area contributed by atoms with E-state index in [-0.39, 0.29) is 0 Å². The third-order valence-electron chi connectivity index (χ3n) is 3.56. The molecule has 0 radical (unpaired) electrons. The van der Waals surface area contributed by atoms with E-state index in [1.807, 2.05) is 12.1 Å². The fourth-order valence-electron chi connectivity index (χ4n) is 2.01. The maximum Gasteiger partial charge on any atom is 0.310 e. The first-order chi connectivity index (χ1) is 9.49. The molecule has 110 valence electrons. The Morgan fingerprint density at radius 1 is 1.30 bits per heavy atom. The molecule has 1 aliphatic rings. The molecule has 2 rings (SSSR count). The minimum absolute atomic E-state index is 0.402. The molecule has 0 spiro atoms. The highest BCUT2D eigenvalue weighted by atomic mass is 16.5. The molecule has 1 aromatic carbocycles. The first-order valence-corrected chi connectivity index (χ1v) is 6.89. The van der Waals surface area contributed by atoms with E-state index in [4.69, 9.17) is 9.84 Å². The highest BCUT2D eigenvalue weighted by Crippen LogP contribution is 2.21. The summed E-state index contributed by atoms with van der Waals surface area (Å²) in [7, 11) is 0. The molecular formula is C15H22N2O3. The molecule has 0 bridgehead atoms. The monoisotopic (exact) mass is 278 g/mol. The number of rotatable bonds is 5. The Hall–Kier alpha value is -1.75. The van der Waals surface area contributed by atoms with Crippen molar-refractivity contribution >= 4 is 17.3 Å². The second-order valence-corrected chi connectivity index (χ2v) is 5.69. The quantitative estimate of drug-likeness (QED) is 0.863. The number of benzene rings is 1. The molecule has 1 aromatic rings. The van der Waals surface area contributed by atoms with Gasteiger partial charge in [-0.3, -0.25) is 4.79 Å². The molecular weight excluding hydrogens is 256 g/mol. The molecule has 0 saturated carbocycles. The number of morpholine rings is 1. The van der Waals surface area contributed by atoms with Gasteiger partial charge >= 0.3 is 5.97 Å². The van der Waals surface area contributed by atoms with Gasteiger partial charge in [0.2, 0.25) is 0 Å². The van der Waals surface area contributed by atoms with E-state index in [0.717, 1.165) is 32.0 Å². The highest BCUT2D eigenvalue weighted by molar-refractivity contribution is 5.74. The molecule has 5 nitrogen and oxygen atoms in total. The van der Waals surface area contributed by atoms with Crippen molar-refractivity contribution in [3.63, 3.8) is 0 Å². The second kappa shape index (κ2) is 6.13. The minimum atomic E-state index is -0.796. The number of nitrogens with one attached hydrogen (secondary N) is 1. The summed E-state index contributed by atoms with van der Waals surface area (Å²) >= 11 is 0. The summed E-state index contributed by atoms with van der Waals surface area (Å²) < 4.78 is 5.33. The Morgan fingerprint density at radius 3 is 2.45 bits per heavy atom. The van der Waals surface area contributed by atoms with Gasteiger partial charge in [0.1, 0.15) is 0 Å². The number of nitrogens with zero attached hydrogens (tertiary/aromatic N) is 1. The lowest BCUT2D eigenvalue weighted by Crippen LogP contribution is -2.36. The zero-order chi connectivity index (χ0) is 14.6. The summed E-state index contributed by atoms with van der Waals surface area (Å²) in [4.78, 5) is 13.3. The Kier molecular flexibility index (Phi) is 4.49. The van der Waals surface area contributed by atoms with Crippen molar-refractivity contribution < 1.29 is 14.6 Å². The zero-order valence-corrected chi connectivity index (χ0v) is 12.1. The average molecular weight is 278 g/mol. The van der Waals surface area contributed by atoms with Crippen LogP contribution in [-0.2, 0) is 9.53 Å². The Morgan fingerprint density at radius 2 is 1.90 bits per heavy atom. The van der Waals surface area contributed by atoms with E-state index in [9.17, 15) is 4.79 Å². The molecule has 0 atom stereocenters. The van der Waals surface area contributed by atoms with Crippen LogP contribution in [0.15, 0.2) is 24.3 Å². The molecule has 0 unspecified atom stereocenters. The van der Waals surface area contributed by atoms with Crippen molar-refractivity contribution in [2.24, 2.45) is 5.41 Å². The van der Waals surface area contributed by atoms with Crippen molar-refractivity contribution in [1.82, 2.24) is 0 Å². The van der Waals surface area contributed by atoms with E-state index in [1.165, 1.54) is 5.69 Å². The van der Waals surface area contributed by atoms with Crippen LogP contribution in [0.1, 0.15) is 13.8 Å². The van der Waals surface area contributed by atoms with Crippen LogP contribution in [0.5, 0.6) is 0 Å². The standard InChI is InChI=1S/C15H22N2O3/c1-15(2,14(18)19)11-16-12-3-5-13(6-4-12)17-7-9-20-10-8-17/h3-6,16H,7-11H2,1-2H3,(H,18,19). The Balaban J connectivity index is 1.93. The van der Waals surface area contributed by atoms with E-state index >= 15 is 0 Å². The molecule has 5 heteroatoms. The van der Waals surface area contributed by atoms with Crippen molar-refractivity contribution in [2.75, 3.05) is 43.1 Å². The number of hydrogen-bond donors (Lipinski definition) is 2. The lowest BCUT2D eigenvalue weighted by atomic mass is 9.94. The third kappa shape index (κ3) is 3.63. The van der Waals surface area contributed by atoms with Crippen LogP contribution in [0.4, 0.5) is 11.4 Å². The number of carboxylic acids is 1. The smallest absolute Gasteiger partial charge is 0.310 e. The summed E-state index contributed by atoms with van der Waals surface area (Å²) in [6, 6.07) is 8.09. The fourth-order valence-corrected chi connectivity index (χ4v) is 2.01. The van der Waals surface area contributed by atoms with Gasteiger partial charge < -0.3 is 20.1 Å².